The molecule has 0 saturated carbocycles. The molecule has 0 radical (unpaired) electrons. The van der Waals surface area contributed by atoms with Crippen LogP contribution in [0.4, 0.5) is 0 Å². The highest BCUT2D eigenvalue weighted by atomic mass is 16.6. The van der Waals surface area contributed by atoms with Gasteiger partial charge in [-0.25, -0.2) is 9.59 Å². The molecule has 2 aromatic rings. The summed E-state index contributed by atoms with van der Waals surface area (Å²) >= 11 is 0. The Bertz CT molecular complexity index is 972. The van der Waals surface area contributed by atoms with Crippen LogP contribution in [-0.4, -0.2) is 16.9 Å². The summed E-state index contributed by atoms with van der Waals surface area (Å²) in [7, 11) is 0. The maximum absolute atomic E-state index is 12.3. The van der Waals surface area contributed by atoms with Gasteiger partial charge in [0.25, 0.3) is 0 Å². The number of ether oxygens (including phenoxy) is 1. The maximum atomic E-state index is 12.3. The molecule has 0 aromatic heterocycles. The van der Waals surface area contributed by atoms with Crippen molar-refractivity contribution in [2.45, 2.75) is 11.5 Å². The monoisotopic (exact) mass is 319 g/mol. The van der Waals surface area contributed by atoms with E-state index in [1.54, 1.807) is 48.5 Å². The van der Waals surface area contributed by atoms with Gasteiger partial charge in [0, 0.05) is 22.0 Å². The molecule has 6 rings (SSSR count). The summed E-state index contributed by atoms with van der Waals surface area (Å²) in [6.45, 7) is 0. The zero-order valence-electron chi connectivity index (χ0n) is 12.2. The average Bonchev–Trinajstić information content (AvgIpc) is 2.90. The molecule has 0 N–H and O–H groups in total. The van der Waals surface area contributed by atoms with Crippen molar-refractivity contribution in [3.8, 4) is 0 Å². The molecule has 24 heavy (non-hydrogen) atoms. The average molecular weight is 319 g/mol. The number of hydrogen-bond donors (Lipinski definition) is 0. The Morgan fingerprint density at radius 3 is 2.00 bits per heavy atom. The minimum atomic E-state index is -1.89. The Kier molecular flexibility index (Phi) is 2.18. The number of cyclic esters (lactones) is 2. The van der Waals surface area contributed by atoms with Crippen molar-refractivity contribution in [3.63, 3.8) is 0 Å². The molecule has 6 heteroatoms. The van der Waals surface area contributed by atoms with Crippen LogP contribution in [0.5, 0.6) is 0 Å². The minimum Gasteiger partial charge on any atom is -0.386 e. The van der Waals surface area contributed by atoms with Gasteiger partial charge in [0.2, 0.25) is 0 Å². The largest absolute Gasteiger partial charge is 0.386 e. The Hall–Kier alpha value is -3.28. The quantitative estimate of drug-likeness (QED) is 0.347. The second-order valence-corrected chi connectivity index (χ2v) is 6.04. The van der Waals surface area contributed by atoms with Gasteiger partial charge in [0.05, 0.1) is 5.57 Å². The highest BCUT2D eigenvalue weighted by Crippen LogP contribution is 2.60. The van der Waals surface area contributed by atoms with Crippen molar-refractivity contribution in [2.24, 2.45) is 0 Å². The van der Waals surface area contributed by atoms with Crippen LogP contribution < -0.4 is 0 Å². The number of rotatable bonds is 1. The topological polar surface area (TPSA) is 86.5 Å². The first-order chi connectivity index (χ1) is 11.6. The molecule has 1 aliphatic heterocycles. The SMILES string of the molecule is O=C1OC(=O)C2=C1C1c3ccccc3C2([N+](=O)[O-])c2ccccc21. The highest BCUT2D eigenvalue weighted by molar-refractivity contribution is 6.16. The predicted octanol–water partition coefficient (Wildman–Crippen LogP) is 2.05. The minimum absolute atomic E-state index is 0.106. The van der Waals surface area contributed by atoms with Gasteiger partial charge in [0.15, 0.2) is 0 Å². The fraction of sp³-hybridized carbons (Fsp3) is 0.111. The number of nitrogens with zero attached hydrogens (tertiary/aromatic N) is 1. The van der Waals surface area contributed by atoms with E-state index < -0.39 is 28.3 Å². The molecule has 2 bridgehead atoms. The smallest absolute Gasteiger partial charge is 0.350 e. The Balaban J connectivity index is 2.04. The van der Waals surface area contributed by atoms with E-state index in [0.29, 0.717) is 22.3 Å². The zero-order valence-corrected chi connectivity index (χ0v) is 12.2. The van der Waals surface area contributed by atoms with E-state index in [1.165, 1.54) is 0 Å². The normalized spacial score (nSPS) is 25.9. The Labute approximate surface area is 135 Å². The molecule has 6 nitrogen and oxygen atoms in total. The summed E-state index contributed by atoms with van der Waals surface area (Å²) in [5, 5.41) is 12.3. The van der Waals surface area contributed by atoms with Gasteiger partial charge in [-0.1, -0.05) is 48.5 Å². The number of carbonyl (C=O) groups excluding carboxylic acids is 2. The van der Waals surface area contributed by atoms with Crippen molar-refractivity contribution in [1.82, 2.24) is 0 Å². The lowest BCUT2D eigenvalue weighted by molar-refractivity contribution is -0.554. The summed E-state index contributed by atoms with van der Waals surface area (Å²) in [4.78, 5) is 36.4. The first-order valence-electron chi connectivity index (χ1n) is 7.43. The molecule has 0 fully saturated rings. The summed E-state index contributed by atoms with van der Waals surface area (Å²) in [5.41, 5.74) is 0.305. The lowest BCUT2D eigenvalue weighted by Crippen LogP contribution is -2.49. The molecule has 0 saturated heterocycles. The first-order valence-corrected chi connectivity index (χ1v) is 7.43. The number of carbonyl (C=O) groups is 2. The van der Waals surface area contributed by atoms with Gasteiger partial charge in [-0.3, -0.25) is 10.1 Å². The van der Waals surface area contributed by atoms with E-state index in [9.17, 15) is 19.7 Å². The van der Waals surface area contributed by atoms with E-state index >= 15 is 0 Å². The number of nitro groups is 1. The summed E-state index contributed by atoms with van der Waals surface area (Å²) < 4.78 is 4.77. The van der Waals surface area contributed by atoms with Crippen LogP contribution in [0.2, 0.25) is 0 Å². The molecule has 0 amide bonds. The van der Waals surface area contributed by atoms with Crippen molar-refractivity contribution < 1.29 is 19.2 Å². The molecule has 1 heterocycles. The van der Waals surface area contributed by atoms with Gasteiger partial charge >= 0.3 is 17.5 Å². The Morgan fingerprint density at radius 2 is 1.46 bits per heavy atom. The fourth-order valence-corrected chi connectivity index (χ4v) is 4.34. The number of esters is 2. The van der Waals surface area contributed by atoms with Crippen LogP contribution in [0, 0.1) is 10.1 Å². The van der Waals surface area contributed by atoms with E-state index in [4.69, 9.17) is 4.74 Å². The molecular weight excluding hydrogens is 310 g/mol. The third-order valence-electron chi connectivity index (χ3n) is 5.13. The number of hydrogen-bond acceptors (Lipinski definition) is 5. The number of benzene rings is 2. The molecule has 4 aliphatic rings. The van der Waals surface area contributed by atoms with Crippen LogP contribution in [0.3, 0.4) is 0 Å². The van der Waals surface area contributed by atoms with Crippen molar-refractivity contribution in [1.29, 1.82) is 0 Å². The predicted molar refractivity (Wildman–Crippen MR) is 80.6 cm³/mol. The van der Waals surface area contributed by atoms with Gasteiger partial charge in [0.1, 0.15) is 5.57 Å². The van der Waals surface area contributed by atoms with E-state index in [0.717, 1.165) is 0 Å². The first kappa shape index (κ1) is 13.2. The second-order valence-electron chi connectivity index (χ2n) is 6.04. The molecule has 0 spiro atoms. The van der Waals surface area contributed by atoms with Crippen LogP contribution in [0.15, 0.2) is 59.7 Å². The van der Waals surface area contributed by atoms with Crippen LogP contribution in [0.25, 0.3) is 0 Å². The van der Waals surface area contributed by atoms with Crippen LogP contribution in [-0.2, 0) is 19.9 Å². The van der Waals surface area contributed by atoms with Crippen LogP contribution >= 0.6 is 0 Å². The molecule has 3 aliphatic carbocycles. The molecular formula is C18H9NO5. The summed E-state index contributed by atoms with van der Waals surface area (Å²) in [6.07, 6.45) is 0. The maximum Gasteiger partial charge on any atom is 0.350 e. The van der Waals surface area contributed by atoms with Crippen molar-refractivity contribution in [2.75, 3.05) is 0 Å². The van der Waals surface area contributed by atoms with Crippen molar-refractivity contribution in [3.05, 3.63) is 92.0 Å². The molecule has 116 valence electrons. The van der Waals surface area contributed by atoms with E-state index in [2.05, 4.69) is 0 Å². The van der Waals surface area contributed by atoms with Crippen molar-refractivity contribution >= 4 is 11.9 Å². The third kappa shape index (κ3) is 1.18. The summed E-state index contributed by atoms with van der Waals surface area (Å²) in [6, 6.07) is 13.8. The van der Waals surface area contributed by atoms with Gasteiger partial charge in [-0.15, -0.1) is 0 Å². The zero-order chi connectivity index (χ0) is 16.6. The van der Waals surface area contributed by atoms with Gasteiger partial charge < -0.3 is 4.74 Å². The standard InChI is InChI=1S/C18H9NO5/c20-16-14-13-9-5-1-3-7-11(9)18(19(22)23,15(14)17(21)24-16)12-8-4-2-6-10(12)13/h1-8,13H. The van der Waals surface area contributed by atoms with E-state index in [-0.39, 0.29) is 11.1 Å². The lowest BCUT2D eigenvalue weighted by atomic mass is 9.57. The Morgan fingerprint density at radius 1 is 0.917 bits per heavy atom. The van der Waals surface area contributed by atoms with Crippen LogP contribution in [0.1, 0.15) is 28.2 Å². The van der Waals surface area contributed by atoms with Gasteiger partial charge in [-0.05, 0) is 11.1 Å². The van der Waals surface area contributed by atoms with E-state index in [1.807, 2.05) is 0 Å². The molecule has 2 aromatic carbocycles. The third-order valence-corrected chi connectivity index (χ3v) is 5.13. The molecule has 0 atom stereocenters. The second kappa shape index (κ2) is 3.97. The van der Waals surface area contributed by atoms with Gasteiger partial charge in [-0.2, -0.15) is 0 Å². The molecule has 0 unspecified atom stereocenters. The highest BCUT2D eigenvalue weighted by Gasteiger charge is 2.67. The lowest BCUT2D eigenvalue weighted by Gasteiger charge is -2.41. The fourth-order valence-electron chi connectivity index (χ4n) is 4.34. The summed E-state index contributed by atoms with van der Waals surface area (Å²) in [5.74, 6) is -2.20.